The van der Waals surface area contributed by atoms with E-state index in [9.17, 15) is 0 Å². The zero-order valence-electron chi connectivity index (χ0n) is 5.63. The SMILES string of the molecule is CB(O)NCCC1CO1. The second-order valence-electron chi connectivity index (χ2n) is 2.37. The van der Waals surface area contributed by atoms with Gasteiger partial charge in [-0.2, -0.15) is 0 Å². The van der Waals surface area contributed by atoms with Crippen molar-refractivity contribution in [3.63, 3.8) is 0 Å². The zero-order valence-corrected chi connectivity index (χ0v) is 5.63. The average Bonchev–Trinajstić information content (AvgIpc) is 2.48. The van der Waals surface area contributed by atoms with Crippen molar-refractivity contribution in [2.24, 2.45) is 0 Å². The lowest BCUT2D eigenvalue weighted by atomic mass is 9.89. The Labute approximate surface area is 55.5 Å². The summed E-state index contributed by atoms with van der Waals surface area (Å²) < 4.78 is 4.97. The molecule has 9 heavy (non-hydrogen) atoms. The molecule has 0 radical (unpaired) electrons. The molecule has 1 unspecified atom stereocenters. The number of ether oxygens (including phenoxy) is 1. The first kappa shape index (κ1) is 7.06. The zero-order chi connectivity index (χ0) is 6.69. The van der Waals surface area contributed by atoms with Crippen LogP contribution in [0, 0.1) is 0 Å². The minimum atomic E-state index is -0.385. The highest BCUT2D eigenvalue weighted by atomic mass is 16.6. The standard InChI is InChI=1S/C5H12BNO2/c1-6(8)7-3-2-5-4-9-5/h5,7-8H,2-4H2,1H3. The monoisotopic (exact) mass is 129 g/mol. The van der Waals surface area contributed by atoms with Crippen LogP contribution < -0.4 is 5.23 Å². The summed E-state index contributed by atoms with van der Waals surface area (Å²) in [5, 5.41) is 11.6. The number of nitrogens with one attached hydrogen (secondary N) is 1. The van der Waals surface area contributed by atoms with Crippen LogP contribution in [0.5, 0.6) is 0 Å². The van der Waals surface area contributed by atoms with Crippen LogP contribution in [0.25, 0.3) is 0 Å². The summed E-state index contributed by atoms with van der Waals surface area (Å²) in [6, 6.07) is 0. The maximum absolute atomic E-state index is 8.73. The molecule has 0 amide bonds. The normalized spacial score (nSPS) is 24.0. The highest BCUT2D eigenvalue weighted by molar-refractivity contribution is 6.45. The van der Waals surface area contributed by atoms with E-state index in [1.807, 2.05) is 0 Å². The summed E-state index contributed by atoms with van der Waals surface area (Å²) in [5.74, 6) is 0. The molecule has 0 aromatic rings. The molecule has 1 fully saturated rings. The van der Waals surface area contributed by atoms with Gasteiger partial charge in [0.05, 0.1) is 12.7 Å². The number of hydrogen-bond donors (Lipinski definition) is 2. The summed E-state index contributed by atoms with van der Waals surface area (Å²) in [5.41, 5.74) is 0. The molecule has 0 aromatic carbocycles. The number of hydrogen-bond acceptors (Lipinski definition) is 3. The maximum Gasteiger partial charge on any atom is 0.373 e. The second-order valence-corrected chi connectivity index (χ2v) is 2.37. The van der Waals surface area contributed by atoms with Gasteiger partial charge >= 0.3 is 7.05 Å². The fourth-order valence-electron chi connectivity index (χ4n) is 0.688. The molecule has 1 heterocycles. The van der Waals surface area contributed by atoms with Gasteiger partial charge in [0.2, 0.25) is 0 Å². The Morgan fingerprint density at radius 2 is 2.56 bits per heavy atom. The van der Waals surface area contributed by atoms with E-state index in [-0.39, 0.29) is 7.05 Å². The molecule has 0 aromatic heterocycles. The fraction of sp³-hybridized carbons (Fsp3) is 1.00. The van der Waals surface area contributed by atoms with Crippen molar-refractivity contribution in [1.82, 2.24) is 5.23 Å². The van der Waals surface area contributed by atoms with E-state index < -0.39 is 0 Å². The van der Waals surface area contributed by atoms with Crippen LogP contribution in [-0.2, 0) is 4.74 Å². The lowest BCUT2D eigenvalue weighted by molar-refractivity contribution is 0.395. The van der Waals surface area contributed by atoms with Gasteiger partial charge in [-0.3, -0.25) is 0 Å². The second kappa shape index (κ2) is 3.20. The first-order valence-corrected chi connectivity index (χ1v) is 3.32. The van der Waals surface area contributed by atoms with Gasteiger partial charge in [-0.1, -0.05) is 0 Å². The van der Waals surface area contributed by atoms with E-state index in [1.165, 1.54) is 0 Å². The van der Waals surface area contributed by atoms with Crippen molar-refractivity contribution in [2.75, 3.05) is 13.2 Å². The largest absolute Gasteiger partial charge is 0.437 e. The summed E-state index contributed by atoms with van der Waals surface area (Å²) in [6.45, 7) is 3.47. The van der Waals surface area contributed by atoms with Crippen molar-refractivity contribution in [1.29, 1.82) is 0 Å². The van der Waals surface area contributed by atoms with Gasteiger partial charge in [-0.25, -0.2) is 0 Å². The molecule has 1 aliphatic heterocycles. The molecule has 3 nitrogen and oxygen atoms in total. The minimum Gasteiger partial charge on any atom is -0.437 e. The van der Waals surface area contributed by atoms with E-state index in [2.05, 4.69) is 5.23 Å². The summed E-state index contributed by atoms with van der Waals surface area (Å²) in [6.07, 6.45) is 1.49. The van der Waals surface area contributed by atoms with Crippen LogP contribution in [-0.4, -0.2) is 31.3 Å². The molecule has 1 atom stereocenters. The van der Waals surface area contributed by atoms with Crippen LogP contribution in [0.1, 0.15) is 6.42 Å². The predicted molar refractivity (Wildman–Crippen MR) is 36.2 cm³/mol. The van der Waals surface area contributed by atoms with Crippen LogP contribution in [0.2, 0.25) is 6.82 Å². The molecule has 0 bridgehead atoms. The third-order valence-electron chi connectivity index (χ3n) is 1.31. The summed E-state index contributed by atoms with van der Waals surface area (Å²) in [4.78, 5) is 0. The molecular weight excluding hydrogens is 117 g/mol. The van der Waals surface area contributed by atoms with Crippen LogP contribution in [0.15, 0.2) is 0 Å². The molecule has 0 aliphatic carbocycles. The molecule has 0 saturated carbocycles. The fourth-order valence-corrected chi connectivity index (χ4v) is 0.688. The van der Waals surface area contributed by atoms with Gasteiger partial charge in [0.15, 0.2) is 0 Å². The summed E-state index contributed by atoms with van der Waals surface area (Å²) in [7, 11) is -0.385. The van der Waals surface area contributed by atoms with Crippen LogP contribution in [0.3, 0.4) is 0 Å². The Hall–Kier alpha value is -0.0551. The molecular formula is C5H12BNO2. The lowest BCUT2D eigenvalue weighted by Gasteiger charge is -2.00. The quantitative estimate of drug-likeness (QED) is 0.396. The van der Waals surface area contributed by atoms with Crippen molar-refractivity contribution < 1.29 is 9.76 Å². The Kier molecular flexibility index (Phi) is 2.51. The van der Waals surface area contributed by atoms with E-state index >= 15 is 0 Å². The van der Waals surface area contributed by atoms with Gasteiger partial charge in [-0.15, -0.1) is 0 Å². The third-order valence-corrected chi connectivity index (χ3v) is 1.31. The van der Waals surface area contributed by atoms with Gasteiger partial charge < -0.3 is 15.0 Å². The first-order chi connectivity index (χ1) is 4.29. The van der Waals surface area contributed by atoms with Gasteiger partial charge in [0, 0.05) is 0 Å². The van der Waals surface area contributed by atoms with E-state index in [4.69, 9.17) is 9.76 Å². The van der Waals surface area contributed by atoms with Gasteiger partial charge in [0.1, 0.15) is 0 Å². The van der Waals surface area contributed by atoms with Crippen molar-refractivity contribution in [3.8, 4) is 0 Å². The van der Waals surface area contributed by atoms with E-state index in [1.54, 1.807) is 6.82 Å². The minimum absolute atomic E-state index is 0.385. The molecule has 1 rings (SSSR count). The number of epoxide rings is 1. The molecule has 2 N–H and O–H groups in total. The Morgan fingerprint density at radius 1 is 1.89 bits per heavy atom. The van der Waals surface area contributed by atoms with Crippen LogP contribution >= 0.6 is 0 Å². The molecule has 4 heteroatoms. The van der Waals surface area contributed by atoms with Gasteiger partial charge in [0.25, 0.3) is 0 Å². The Bertz CT molecular complexity index is 83.0. The van der Waals surface area contributed by atoms with Crippen molar-refractivity contribution in [2.45, 2.75) is 19.3 Å². The first-order valence-electron chi connectivity index (χ1n) is 3.32. The predicted octanol–water partition coefficient (Wildman–Crippen LogP) is -0.525. The molecule has 1 aliphatic rings. The lowest BCUT2D eigenvalue weighted by Crippen LogP contribution is -2.31. The molecule has 0 spiro atoms. The average molecular weight is 129 g/mol. The Balaban J connectivity index is 1.81. The molecule has 52 valence electrons. The third kappa shape index (κ3) is 3.51. The van der Waals surface area contributed by atoms with Gasteiger partial charge in [-0.05, 0) is 19.8 Å². The molecule has 1 saturated heterocycles. The van der Waals surface area contributed by atoms with Crippen molar-refractivity contribution >= 4 is 7.05 Å². The highest BCUT2D eigenvalue weighted by Crippen LogP contribution is 2.11. The Morgan fingerprint density at radius 3 is 3.00 bits per heavy atom. The van der Waals surface area contributed by atoms with Crippen molar-refractivity contribution in [3.05, 3.63) is 0 Å². The topological polar surface area (TPSA) is 44.8 Å². The smallest absolute Gasteiger partial charge is 0.373 e. The van der Waals surface area contributed by atoms with E-state index in [0.29, 0.717) is 6.10 Å². The van der Waals surface area contributed by atoms with Crippen LogP contribution in [0.4, 0.5) is 0 Å². The summed E-state index contributed by atoms with van der Waals surface area (Å²) >= 11 is 0. The highest BCUT2D eigenvalue weighted by Gasteiger charge is 2.21. The van der Waals surface area contributed by atoms with E-state index in [0.717, 1.165) is 19.6 Å². The number of rotatable bonds is 4. The maximum atomic E-state index is 8.73.